The fourth-order valence-electron chi connectivity index (χ4n) is 1.96. The standard InChI is InChI=1S/C15H15BrN2O3/c1-3-18-9-11(16)8-13(18)14(19)17-12-6-4-5-10(7-12)15(20)21-2/h4-9H,3H2,1-2H3,(H,17,19). The van der Waals surface area contributed by atoms with Gasteiger partial charge < -0.3 is 14.6 Å². The van der Waals surface area contributed by atoms with Crippen molar-refractivity contribution in [2.75, 3.05) is 12.4 Å². The largest absolute Gasteiger partial charge is 0.465 e. The topological polar surface area (TPSA) is 60.3 Å². The zero-order valence-electron chi connectivity index (χ0n) is 11.7. The van der Waals surface area contributed by atoms with E-state index in [1.807, 2.05) is 17.7 Å². The average molecular weight is 351 g/mol. The number of hydrogen-bond donors (Lipinski definition) is 1. The number of benzene rings is 1. The number of nitrogens with one attached hydrogen (secondary N) is 1. The van der Waals surface area contributed by atoms with Gasteiger partial charge in [0.1, 0.15) is 5.69 Å². The summed E-state index contributed by atoms with van der Waals surface area (Å²) in [6, 6.07) is 8.38. The first-order chi connectivity index (χ1) is 10.0. The van der Waals surface area contributed by atoms with Crippen molar-refractivity contribution in [3.63, 3.8) is 0 Å². The van der Waals surface area contributed by atoms with Gasteiger partial charge in [-0.2, -0.15) is 0 Å². The molecule has 1 aromatic heterocycles. The number of methoxy groups -OCH3 is 1. The smallest absolute Gasteiger partial charge is 0.337 e. The Hall–Kier alpha value is -2.08. The highest BCUT2D eigenvalue weighted by molar-refractivity contribution is 9.10. The third-order valence-corrected chi connectivity index (χ3v) is 3.41. The molecule has 2 rings (SSSR count). The van der Waals surface area contributed by atoms with Gasteiger partial charge in [-0.3, -0.25) is 4.79 Å². The van der Waals surface area contributed by atoms with Gasteiger partial charge in [-0.25, -0.2) is 4.79 Å². The Bertz CT molecular complexity index is 679. The molecule has 0 fully saturated rings. The molecular weight excluding hydrogens is 336 g/mol. The maximum absolute atomic E-state index is 12.3. The number of anilines is 1. The summed E-state index contributed by atoms with van der Waals surface area (Å²) in [5.74, 6) is -0.671. The third kappa shape index (κ3) is 3.52. The monoisotopic (exact) mass is 350 g/mol. The molecule has 0 radical (unpaired) electrons. The molecule has 110 valence electrons. The van der Waals surface area contributed by atoms with Crippen molar-refractivity contribution in [1.82, 2.24) is 4.57 Å². The highest BCUT2D eigenvalue weighted by Gasteiger charge is 2.13. The first kappa shape index (κ1) is 15.3. The summed E-state index contributed by atoms with van der Waals surface area (Å²) >= 11 is 3.36. The van der Waals surface area contributed by atoms with Crippen molar-refractivity contribution in [2.45, 2.75) is 13.5 Å². The number of carbonyl (C=O) groups is 2. The van der Waals surface area contributed by atoms with Gasteiger partial charge in [0.15, 0.2) is 0 Å². The lowest BCUT2D eigenvalue weighted by Crippen LogP contribution is -2.16. The zero-order chi connectivity index (χ0) is 15.4. The van der Waals surface area contributed by atoms with Crippen molar-refractivity contribution < 1.29 is 14.3 Å². The summed E-state index contributed by atoms with van der Waals surface area (Å²) in [5, 5.41) is 2.78. The van der Waals surface area contributed by atoms with E-state index in [1.54, 1.807) is 30.3 Å². The van der Waals surface area contributed by atoms with E-state index in [1.165, 1.54) is 7.11 Å². The van der Waals surface area contributed by atoms with Gasteiger partial charge in [0.05, 0.1) is 12.7 Å². The number of carbonyl (C=O) groups excluding carboxylic acids is 2. The van der Waals surface area contributed by atoms with E-state index < -0.39 is 5.97 Å². The number of aryl methyl sites for hydroxylation is 1. The van der Waals surface area contributed by atoms with Crippen LogP contribution < -0.4 is 5.32 Å². The third-order valence-electron chi connectivity index (χ3n) is 2.98. The zero-order valence-corrected chi connectivity index (χ0v) is 13.3. The summed E-state index contributed by atoms with van der Waals surface area (Å²) in [6.45, 7) is 2.65. The Kier molecular flexibility index (Phi) is 4.80. The number of hydrogen-bond acceptors (Lipinski definition) is 3. The van der Waals surface area contributed by atoms with Crippen LogP contribution in [0.2, 0.25) is 0 Å². The van der Waals surface area contributed by atoms with Gasteiger partial charge in [0, 0.05) is 22.9 Å². The van der Waals surface area contributed by atoms with Crippen molar-refractivity contribution >= 4 is 33.5 Å². The molecule has 2 aromatic rings. The number of aromatic nitrogens is 1. The molecule has 1 amide bonds. The summed E-state index contributed by atoms with van der Waals surface area (Å²) in [4.78, 5) is 23.8. The molecule has 0 bridgehead atoms. The second-order valence-electron chi connectivity index (χ2n) is 4.36. The van der Waals surface area contributed by atoms with Gasteiger partial charge in [-0.15, -0.1) is 0 Å². The molecule has 1 heterocycles. The Balaban J connectivity index is 2.21. The lowest BCUT2D eigenvalue weighted by molar-refractivity contribution is 0.0600. The van der Waals surface area contributed by atoms with Crippen molar-refractivity contribution in [2.24, 2.45) is 0 Å². The minimum Gasteiger partial charge on any atom is -0.465 e. The molecule has 0 aliphatic rings. The fraction of sp³-hybridized carbons (Fsp3) is 0.200. The molecule has 0 aliphatic heterocycles. The van der Waals surface area contributed by atoms with Crippen LogP contribution in [0.1, 0.15) is 27.8 Å². The van der Waals surface area contributed by atoms with E-state index in [4.69, 9.17) is 0 Å². The first-order valence-electron chi connectivity index (χ1n) is 6.40. The Morgan fingerprint density at radius 3 is 2.76 bits per heavy atom. The quantitative estimate of drug-likeness (QED) is 0.860. The summed E-state index contributed by atoms with van der Waals surface area (Å²) in [6.07, 6.45) is 1.85. The van der Waals surface area contributed by atoms with Crippen LogP contribution in [0, 0.1) is 0 Å². The second kappa shape index (κ2) is 6.58. The van der Waals surface area contributed by atoms with Gasteiger partial charge in [0.25, 0.3) is 5.91 Å². The Morgan fingerprint density at radius 1 is 1.33 bits per heavy atom. The highest BCUT2D eigenvalue weighted by atomic mass is 79.9. The number of ether oxygens (including phenoxy) is 1. The van der Waals surface area contributed by atoms with Crippen molar-refractivity contribution in [3.05, 3.63) is 52.3 Å². The van der Waals surface area contributed by atoms with Crippen LogP contribution in [0.4, 0.5) is 5.69 Å². The number of amides is 1. The number of rotatable bonds is 4. The molecule has 5 nitrogen and oxygen atoms in total. The molecule has 0 saturated carbocycles. The molecule has 0 aliphatic carbocycles. The van der Waals surface area contributed by atoms with Gasteiger partial charge in [0.2, 0.25) is 0 Å². The van der Waals surface area contributed by atoms with Gasteiger partial charge in [-0.1, -0.05) is 6.07 Å². The molecule has 0 saturated heterocycles. The number of halogens is 1. The van der Waals surface area contributed by atoms with Crippen LogP contribution in [0.15, 0.2) is 41.0 Å². The Morgan fingerprint density at radius 2 is 2.10 bits per heavy atom. The lowest BCUT2D eigenvalue weighted by Gasteiger charge is -2.08. The van der Waals surface area contributed by atoms with Crippen LogP contribution >= 0.6 is 15.9 Å². The first-order valence-corrected chi connectivity index (χ1v) is 7.20. The Labute approximate surface area is 131 Å². The van der Waals surface area contributed by atoms with Crippen LogP contribution in [0.5, 0.6) is 0 Å². The minimum atomic E-state index is -0.439. The molecule has 1 N–H and O–H groups in total. The average Bonchev–Trinajstić information content (AvgIpc) is 2.88. The van der Waals surface area contributed by atoms with Gasteiger partial charge in [-0.05, 0) is 47.1 Å². The maximum Gasteiger partial charge on any atom is 0.337 e. The minimum absolute atomic E-state index is 0.232. The van der Waals surface area contributed by atoms with Crippen LogP contribution in [-0.4, -0.2) is 23.6 Å². The molecular formula is C15H15BrN2O3. The van der Waals surface area contributed by atoms with E-state index in [0.29, 0.717) is 23.5 Å². The lowest BCUT2D eigenvalue weighted by atomic mass is 10.2. The molecule has 6 heteroatoms. The van der Waals surface area contributed by atoms with Crippen molar-refractivity contribution in [1.29, 1.82) is 0 Å². The fourth-order valence-corrected chi connectivity index (χ4v) is 2.43. The van der Waals surface area contributed by atoms with E-state index in [0.717, 1.165) is 4.47 Å². The highest BCUT2D eigenvalue weighted by Crippen LogP contribution is 2.17. The van der Waals surface area contributed by atoms with Crippen molar-refractivity contribution in [3.8, 4) is 0 Å². The molecule has 0 atom stereocenters. The second-order valence-corrected chi connectivity index (χ2v) is 5.27. The van der Waals surface area contributed by atoms with E-state index in [2.05, 4.69) is 26.0 Å². The van der Waals surface area contributed by atoms with Gasteiger partial charge >= 0.3 is 5.97 Å². The van der Waals surface area contributed by atoms with E-state index in [9.17, 15) is 9.59 Å². The molecule has 21 heavy (non-hydrogen) atoms. The SMILES string of the molecule is CCn1cc(Br)cc1C(=O)Nc1cccc(C(=O)OC)c1. The normalized spacial score (nSPS) is 10.2. The molecule has 0 unspecified atom stereocenters. The predicted molar refractivity (Wildman–Crippen MR) is 83.5 cm³/mol. The summed E-state index contributed by atoms with van der Waals surface area (Å²) in [7, 11) is 1.32. The number of esters is 1. The molecule has 0 spiro atoms. The van der Waals surface area contributed by atoms with Crippen LogP contribution in [0.3, 0.4) is 0 Å². The van der Waals surface area contributed by atoms with Crippen LogP contribution in [0.25, 0.3) is 0 Å². The van der Waals surface area contributed by atoms with Crippen LogP contribution in [-0.2, 0) is 11.3 Å². The summed E-state index contributed by atoms with van der Waals surface area (Å²) in [5.41, 5.74) is 1.48. The maximum atomic E-state index is 12.3. The van der Waals surface area contributed by atoms with E-state index >= 15 is 0 Å². The molecule has 1 aromatic carbocycles. The van der Waals surface area contributed by atoms with E-state index in [-0.39, 0.29) is 5.91 Å². The summed E-state index contributed by atoms with van der Waals surface area (Å²) < 4.78 is 7.34. The number of nitrogens with zero attached hydrogens (tertiary/aromatic N) is 1. The predicted octanol–water partition coefficient (Wildman–Crippen LogP) is 3.31.